The second-order valence-corrected chi connectivity index (χ2v) is 6.99. The quantitative estimate of drug-likeness (QED) is 0.762. The molecule has 110 valence electrons. The van der Waals surface area contributed by atoms with Gasteiger partial charge in [0, 0.05) is 19.5 Å². The summed E-state index contributed by atoms with van der Waals surface area (Å²) in [6.07, 6.45) is 3.61. The third-order valence-corrected chi connectivity index (χ3v) is 4.23. The molecular formula is C14H20N2O3S. The van der Waals surface area contributed by atoms with Crippen LogP contribution in [0.1, 0.15) is 29.9 Å². The molecule has 0 bridgehead atoms. The van der Waals surface area contributed by atoms with Gasteiger partial charge < -0.3 is 5.32 Å². The average Bonchev–Trinajstić information content (AvgIpc) is 2.77. The molecule has 1 aliphatic carbocycles. The maximum atomic E-state index is 11.8. The topological polar surface area (TPSA) is 75.3 Å². The van der Waals surface area contributed by atoms with Crippen LogP contribution in [0, 0.1) is 0 Å². The maximum absolute atomic E-state index is 11.8. The number of amides is 1. The summed E-state index contributed by atoms with van der Waals surface area (Å²) in [5.74, 6) is 0.260. The Bertz CT molecular complexity index is 584. The summed E-state index contributed by atoms with van der Waals surface area (Å²) in [6.45, 7) is 0.548. The Morgan fingerprint density at radius 3 is 2.80 bits per heavy atom. The summed E-state index contributed by atoms with van der Waals surface area (Å²) < 4.78 is 24.1. The van der Waals surface area contributed by atoms with Gasteiger partial charge in [-0.3, -0.25) is 4.79 Å². The Morgan fingerprint density at radius 1 is 1.30 bits per heavy atom. The number of sulfonamides is 1. The zero-order valence-electron chi connectivity index (χ0n) is 11.6. The second kappa shape index (κ2) is 6.37. The molecule has 2 rings (SSSR count). The molecule has 1 aromatic carbocycles. The summed E-state index contributed by atoms with van der Waals surface area (Å²) in [7, 11) is -3.19. The van der Waals surface area contributed by atoms with Crippen LogP contribution in [-0.2, 0) is 21.2 Å². The van der Waals surface area contributed by atoms with Gasteiger partial charge in [0.25, 0.3) is 0 Å². The minimum atomic E-state index is -3.19. The fraction of sp³-hybridized carbons (Fsp3) is 0.500. The van der Waals surface area contributed by atoms with Gasteiger partial charge in [-0.25, -0.2) is 13.1 Å². The second-order valence-electron chi connectivity index (χ2n) is 5.15. The van der Waals surface area contributed by atoms with E-state index in [0.717, 1.165) is 19.1 Å². The van der Waals surface area contributed by atoms with Crippen LogP contribution in [0.5, 0.6) is 0 Å². The molecule has 1 aliphatic rings. The zero-order valence-corrected chi connectivity index (χ0v) is 12.4. The van der Waals surface area contributed by atoms with Crippen molar-refractivity contribution in [1.29, 1.82) is 0 Å². The van der Waals surface area contributed by atoms with Crippen LogP contribution in [0.2, 0.25) is 0 Å². The molecule has 0 saturated heterocycles. The number of fused-ring (bicyclic) bond motifs is 1. The third-order valence-electron chi connectivity index (χ3n) is 3.50. The maximum Gasteiger partial charge on any atom is 0.220 e. The van der Waals surface area contributed by atoms with Crippen molar-refractivity contribution < 1.29 is 13.2 Å². The van der Waals surface area contributed by atoms with Crippen molar-refractivity contribution >= 4 is 15.9 Å². The van der Waals surface area contributed by atoms with Crippen molar-refractivity contribution in [3.63, 3.8) is 0 Å². The van der Waals surface area contributed by atoms with Crippen LogP contribution in [0.4, 0.5) is 0 Å². The fourth-order valence-electron chi connectivity index (χ4n) is 2.59. The van der Waals surface area contributed by atoms with E-state index in [1.165, 1.54) is 11.1 Å². The van der Waals surface area contributed by atoms with Gasteiger partial charge in [0.1, 0.15) is 0 Å². The van der Waals surface area contributed by atoms with Crippen LogP contribution >= 0.6 is 0 Å². The molecular weight excluding hydrogens is 276 g/mol. The van der Waals surface area contributed by atoms with Gasteiger partial charge in [-0.15, -0.1) is 0 Å². The molecule has 0 aliphatic heterocycles. The summed E-state index contributed by atoms with van der Waals surface area (Å²) in [4.78, 5) is 11.8. The number of nitrogens with one attached hydrogen (secondary N) is 2. The lowest BCUT2D eigenvalue weighted by Gasteiger charge is -2.11. The van der Waals surface area contributed by atoms with Gasteiger partial charge in [0.15, 0.2) is 0 Å². The van der Waals surface area contributed by atoms with Gasteiger partial charge in [-0.1, -0.05) is 24.3 Å². The van der Waals surface area contributed by atoms with Gasteiger partial charge in [-0.2, -0.15) is 0 Å². The number of rotatable bonds is 6. The Hall–Kier alpha value is -1.40. The van der Waals surface area contributed by atoms with E-state index in [-0.39, 0.29) is 18.4 Å². The molecule has 0 spiro atoms. The highest BCUT2D eigenvalue weighted by Gasteiger charge is 2.23. The summed E-state index contributed by atoms with van der Waals surface area (Å²) in [5, 5.41) is 2.75. The first kappa shape index (κ1) is 15.0. The van der Waals surface area contributed by atoms with E-state index in [9.17, 15) is 13.2 Å². The lowest BCUT2D eigenvalue weighted by molar-refractivity contribution is -0.121. The minimum absolute atomic E-state index is 0.0259. The van der Waals surface area contributed by atoms with Gasteiger partial charge in [0.2, 0.25) is 15.9 Å². The number of aryl methyl sites for hydroxylation is 1. The number of carbonyl (C=O) groups excluding carboxylic acids is 1. The molecule has 0 fully saturated rings. The Labute approximate surface area is 119 Å². The Balaban J connectivity index is 1.76. The molecule has 5 nitrogen and oxygen atoms in total. The zero-order chi connectivity index (χ0) is 14.6. The first-order valence-electron chi connectivity index (χ1n) is 6.75. The SMILES string of the molecule is CS(=O)(=O)NCCNC(=O)C[C@H]1CCc2ccccc21. The molecule has 0 radical (unpaired) electrons. The van der Waals surface area contributed by atoms with Crippen LogP contribution in [0.25, 0.3) is 0 Å². The number of hydrogen-bond acceptors (Lipinski definition) is 3. The molecule has 0 heterocycles. The highest BCUT2D eigenvalue weighted by Crippen LogP contribution is 2.34. The fourth-order valence-corrected chi connectivity index (χ4v) is 3.06. The first-order valence-corrected chi connectivity index (χ1v) is 8.64. The Kier molecular flexibility index (Phi) is 4.77. The van der Waals surface area contributed by atoms with Gasteiger partial charge >= 0.3 is 0 Å². The van der Waals surface area contributed by atoms with Crippen molar-refractivity contribution in [2.45, 2.75) is 25.2 Å². The van der Waals surface area contributed by atoms with E-state index in [4.69, 9.17) is 0 Å². The Morgan fingerprint density at radius 2 is 2.05 bits per heavy atom. The van der Waals surface area contributed by atoms with Crippen molar-refractivity contribution in [3.05, 3.63) is 35.4 Å². The standard InChI is InChI=1S/C14H20N2O3S/c1-20(18,19)16-9-8-15-14(17)10-12-7-6-11-4-2-3-5-13(11)12/h2-5,12,16H,6-10H2,1H3,(H,15,17)/t12-/m1/s1. The van der Waals surface area contributed by atoms with Crippen molar-refractivity contribution in [2.75, 3.05) is 19.3 Å². The lowest BCUT2D eigenvalue weighted by atomic mass is 9.97. The van der Waals surface area contributed by atoms with Crippen LogP contribution in [0.15, 0.2) is 24.3 Å². The predicted octanol–water partition coefficient (Wildman–Crippen LogP) is 0.772. The highest BCUT2D eigenvalue weighted by molar-refractivity contribution is 7.88. The van der Waals surface area contributed by atoms with E-state index in [2.05, 4.69) is 22.2 Å². The predicted molar refractivity (Wildman–Crippen MR) is 78.0 cm³/mol. The largest absolute Gasteiger partial charge is 0.355 e. The summed E-state index contributed by atoms with van der Waals surface area (Å²) in [6, 6.07) is 8.23. The number of carbonyl (C=O) groups is 1. The van der Waals surface area contributed by atoms with Gasteiger partial charge in [0.05, 0.1) is 6.26 Å². The highest BCUT2D eigenvalue weighted by atomic mass is 32.2. The van der Waals surface area contributed by atoms with E-state index in [1.807, 2.05) is 12.1 Å². The number of hydrogen-bond donors (Lipinski definition) is 2. The van der Waals surface area contributed by atoms with E-state index < -0.39 is 10.0 Å². The van der Waals surface area contributed by atoms with Gasteiger partial charge in [-0.05, 0) is 29.9 Å². The lowest BCUT2D eigenvalue weighted by Crippen LogP contribution is -2.34. The van der Waals surface area contributed by atoms with E-state index in [1.54, 1.807) is 0 Å². The normalized spacial score (nSPS) is 17.8. The smallest absolute Gasteiger partial charge is 0.220 e. The molecule has 0 unspecified atom stereocenters. The molecule has 0 aromatic heterocycles. The molecule has 1 atom stereocenters. The number of benzene rings is 1. The van der Waals surface area contributed by atoms with Crippen molar-refractivity contribution in [1.82, 2.24) is 10.0 Å². The molecule has 1 amide bonds. The first-order chi connectivity index (χ1) is 9.46. The van der Waals surface area contributed by atoms with Crippen LogP contribution < -0.4 is 10.0 Å². The molecule has 20 heavy (non-hydrogen) atoms. The van der Waals surface area contributed by atoms with Crippen LogP contribution in [0.3, 0.4) is 0 Å². The molecule has 1 aromatic rings. The molecule has 6 heteroatoms. The van der Waals surface area contributed by atoms with Crippen molar-refractivity contribution in [2.24, 2.45) is 0 Å². The van der Waals surface area contributed by atoms with Crippen LogP contribution in [-0.4, -0.2) is 33.7 Å². The summed E-state index contributed by atoms with van der Waals surface area (Å²) in [5.41, 5.74) is 2.61. The average molecular weight is 296 g/mol. The molecule has 2 N–H and O–H groups in total. The van der Waals surface area contributed by atoms with E-state index in [0.29, 0.717) is 13.0 Å². The van der Waals surface area contributed by atoms with E-state index >= 15 is 0 Å². The monoisotopic (exact) mass is 296 g/mol. The minimum Gasteiger partial charge on any atom is -0.355 e. The third kappa shape index (κ3) is 4.31. The van der Waals surface area contributed by atoms with Crippen molar-refractivity contribution in [3.8, 4) is 0 Å². The summed E-state index contributed by atoms with van der Waals surface area (Å²) >= 11 is 0. The molecule has 0 saturated carbocycles.